The molecule has 2 aromatic heterocycles. The van der Waals surface area contributed by atoms with Gasteiger partial charge in [-0.2, -0.15) is 4.99 Å². The van der Waals surface area contributed by atoms with Crippen molar-refractivity contribution in [3.63, 3.8) is 0 Å². The van der Waals surface area contributed by atoms with E-state index in [9.17, 15) is 14.0 Å². The number of halogens is 1. The third-order valence-electron chi connectivity index (χ3n) is 5.03. The van der Waals surface area contributed by atoms with E-state index >= 15 is 0 Å². The Kier molecular flexibility index (Phi) is 4.60. The van der Waals surface area contributed by atoms with E-state index in [0.717, 1.165) is 16.3 Å². The summed E-state index contributed by atoms with van der Waals surface area (Å²) in [7, 11) is 0. The largest absolute Gasteiger partial charge is 0.422 e. The van der Waals surface area contributed by atoms with Crippen molar-refractivity contribution in [2.75, 3.05) is 0 Å². The van der Waals surface area contributed by atoms with Crippen LogP contribution in [-0.4, -0.2) is 10.5 Å². The Bertz CT molecular complexity index is 1640. The molecule has 0 unspecified atom stereocenters. The molecule has 3 aromatic carbocycles. The molecule has 0 spiro atoms. The van der Waals surface area contributed by atoms with Gasteiger partial charge in [-0.1, -0.05) is 47.7 Å². The van der Waals surface area contributed by atoms with Crippen molar-refractivity contribution in [3.05, 3.63) is 99.9 Å². The maximum Gasteiger partial charge on any atom is 0.349 e. The predicted molar refractivity (Wildman–Crippen MR) is 120 cm³/mol. The maximum absolute atomic E-state index is 13.6. The molecule has 0 N–H and O–H groups in total. The third kappa shape index (κ3) is 3.29. The SMILES string of the molecule is C=CCn1c(=NC(=O)c2cc3c(ccc4ccccc43)oc2=O)sc2cc(F)ccc21. The summed E-state index contributed by atoms with van der Waals surface area (Å²) in [5, 5.41) is 2.50. The molecule has 5 nitrogen and oxygen atoms in total. The second kappa shape index (κ2) is 7.45. The highest BCUT2D eigenvalue weighted by molar-refractivity contribution is 7.16. The van der Waals surface area contributed by atoms with E-state index in [-0.39, 0.29) is 11.4 Å². The third-order valence-corrected chi connectivity index (χ3v) is 6.07. The van der Waals surface area contributed by atoms with Crippen molar-refractivity contribution in [1.29, 1.82) is 0 Å². The molecule has 0 radical (unpaired) electrons. The van der Waals surface area contributed by atoms with Crippen LogP contribution in [0.1, 0.15) is 10.4 Å². The number of rotatable bonds is 3. The normalized spacial score (nSPS) is 12.1. The summed E-state index contributed by atoms with van der Waals surface area (Å²) in [4.78, 5) is 30.0. The summed E-state index contributed by atoms with van der Waals surface area (Å²) < 4.78 is 21.4. The minimum Gasteiger partial charge on any atom is -0.422 e. The quantitative estimate of drug-likeness (QED) is 0.229. The Balaban J connectivity index is 1.72. The number of allylic oxidation sites excluding steroid dienone is 1. The molecule has 0 bridgehead atoms. The number of benzene rings is 3. The van der Waals surface area contributed by atoms with Crippen molar-refractivity contribution in [2.45, 2.75) is 6.54 Å². The number of nitrogens with zero attached hydrogens (tertiary/aromatic N) is 2. The Morgan fingerprint density at radius 3 is 2.81 bits per heavy atom. The lowest BCUT2D eigenvalue weighted by Gasteiger charge is -2.04. The summed E-state index contributed by atoms with van der Waals surface area (Å²) in [5.74, 6) is -1.09. The monoisotopic (exact) mass is 430 g/mol. The van der Waals surface area contributed by atoms with Gasteiger partial charge in [0.05, 0.1) is 10.2 Å². The number of aromatic nitrogens is 1. The first-order chi connectivity index (χ1) is 15.0. The number of carbonyl (C=O) groups excluding carboxylic acids is 1. The van der Waals surface area contributed by atoms with Gasteiger partial charge in [0.1, 0.15) is 17.0 Å². The van der Waals surface area contributed by atoms with Gasteiger partial charge < -0.3 is 8.98 Å². The molecule has 5 rings (SSSR count). The van der Waals surface area contributed by atoms with Gasteiger partial charge in [-0.25, -0.2) is 9.18 Å². The number of fused-ring (bicyclic) bond motifs is 4. The minimum absolute atomic E-state index is 0.155. The zero-order valence-electron chi connectivity index (χ0n) is 16.2. The summed E-state index contributed by atoms with van der Waals surface area (Å²) in [6.07, 6.45) is 1.66. The van der Waals surface area contributed by atoms with E-state index in [1.54, 1.807) is 22.8 Å². The molecule has 2 heterocycles. The van der Waals surface area contributed by atoms with Crippen LogP contribution in [0.15, 0.2) is 87.5 Å². The molecular formula is C24H15FN2O3S. The van der Waals surface area contributed by atoms with Gasteiger partial charge in [0.2, 0.25) is 0 Å². The molecule has 152 valence electrons. The van der Waals surface area contributed by atoms with Crippen LogP contribution in [0.25, 0.3) is 32.0 Å². The number of hydrogen-bond donors (Lipinski definition) is 0. The first-order valence-corrected chi connectivity index (χ1v) is 10.3. The smallest absolute Gasteiger partial charge is 0.349 e. The zero-order chi connectivity index (χ0) is 21.5. The van der Waals surface area contributed by atoms with Crippen LogP contribution in [0.2, 0.25) is 0 Å². The topological polar surface area (TPSA) is 64.6 Å². The number of hydrogen-bond acceptors (Lipinski definition) is 4. The van der Waals surface area contributed by atoms with Crippen molar-refractivity contribution < 1.29 is 13.6 Å². The van der Waals surface area contributed by atoms with E-state index < -0.39 is 11.5 Å². The van der Waals surface area contributed by atoms with Crippen molar-refractivity contribution in [1.82, 2.24) is 4.57 Å². The Morgan fingerprint density at radius 2 is 1.97 bits per heavy atom. The minimum atomic E-state index is -0.751. The number of carbonyl (C=O) groups is 1. The van der Waals surface area contributed by atoms with Crippen molar-refractivity contribution >= 4 is 49.2 Å². The fourth-order valence-electron chi connectivity index (χ4n) is 3.61. The molecule has 0 aliphatic carbocycles. The number of thiazole rings is 1. The predicted octanol–water partition coefficient (Wildman–Crippen LogP) is 5.03. The van der Waals surface area contributed by atoms with Crippen LogP contribution in [0.4, 0.5) is 4.39 Å². The van der Waals surface area contributed by atoms with E-state index in [2.05, 4.69) is 11.6 Å². The Morgan fingerprint density at radius 1 is 1.13 bits per heavy atom. The van der Waals surface area contributed by atoms with Crippen LogP contribution >= 0.6 is 11.3 Å². The van der Waals surface area contributed by atoms with Crippen LogP contribution in [-0.2, 0) is 6.54 Å². The molecule has 0 aliphatic rings. The Labute approximate surface area is 179 Å². The van der Waals surface area contributed by atoms with Crippen molar-refractivity contribution in [2.24, 2.45) is 4.99 Å². The summed E-state index contributed by atoms with van der Waals surface area (Å²) in [5.41, 5.74) is 0.227. The van der Waals surface area contributed by atoms with E-state index in [4.69, 9.17) is 4.42 Å². The molecule has 7 heteroatoms. The van der Waals surface area contributed by atoms with Crippen LogP contribution in [0, 0.1) is 5.82 Å². The highest BCUT2D eigenvalue weighted by Crippen LogP contribution is 2.25. The lowest BCUT2D eigenvalue weighted by molar-refractivity contribution is 0.0994. The van der Waals surface area contributed by atoms with Gasteiger partial charge in [0.25, 0.3) is 5.91 Å². The molecule has 31 heavy (non-hydrogen) atoms. The van der Waals surface area contributed by atoms with Gasteiger partial charge in [0, 0.05) is 11.9 Å². The van der Waals surface area contributed by atoms with Crippen LogP contribution in [0.5, 0.6) is 0 Å². The summed E-state index contributed by atoms with van der Waals surface area (Å²) in [6, 6.07) is 17.1. The average Bonchev–Trinajstić information content (AvgIpc) is 3.09. The van der Waals surface area contributed by atoms with Gasteiger partial charge in [-0.15, -0.1) is 6.58 Å². The van der Waals surface area contributed by atoms with Gasteiger partial charge >= 0.3 is 5.63 Å². The molecule has 0 fully saturated rings. The van der Waals surface area contributed by atoms with E-state index in [1.165, 1.54) is 29.5 Å². The second-order valence-electron chi connectivity index (χ2n) is 6.96. The lowest BCUT2D eigenvalue weighted by Crippen LogP contribution is -2.19. The molecule has 0 aliphatic heterocycles. The number of amides is 1. The lowest BCUT2D eigenvalue weighted by atomic mass is 10.0. The molecular weight excluding hydrogens is 415 g/mol. The first-order valence-electron chi connectivity index (χ1n) is 9.49. The zero-order valence-corrected chi connectivity index (χ0v) is 17.0. The molecule has 5 aromatic rings. The molecule has 0 atom stereocenters. The average molecular weight is 430 g/mol. The summed E-state index contributed by atoms with van der Waals surface area (Å²) >= 11 is 1.17. The van der Waals surface area contributed by atoms with Crippen LogP contribution < -0.4 is 10.4 Å². The first kappa shape index (κ1) is 19.1. The standard InChI is InChI=1S/C24H15FN2O3S/c1-2-11-27-19-9-8-15(25)12-21(19)31-24(27)26-22(28)18-13-17-16-6-4-3-5-14(16)7-10-20(17)30-23(18)29/h2-10,12-13H,1,11H2. The fraction of sp³-hybridized carbons (Fsp3) is 0.0417. The maximum atomic E-state index is 13.6. The van der Waals surface area contributed by atoms with Gasteiger partial charge in [-0.05, 0) is 41.1 Å². The van der Waals surface area contributed by atoms with Crippen LogP contribution in [0.3, 0.4) is 0 Å². The van der Waals surface area contributed by atoms with Gasteiger partial charge in [0.15, 0.2) is 4.80 Å². The molecule has 1 amide bonds. The molecule has 0 saturated heterocycles. The van der Waals surface area contributed by atoms with Crippen molar-refractivity contribution in [3.8, 4) is 0 Å². The van der Waals surface area contributed by atoms with E-state index in [0.29, 0.717) is 27.0 Å². The highest BCUT2D eigenvalue weighted by atomic mass is 32.1. The van der Waals surface area contributed by atoms with E-state index in [1.807, 2.05) is 30.3 Å². The highest BCUT2D eigenvalue weighted by Gasteiger charge is 2.16. The molecule has 0 saturated carbocycles. The van der Waals surface area contributed by atoms with Gasteiger partial charge in [-0.3, -0.25) is 4.79 Å². The summed E-state index contributed by atoms with van der Waals surface area (Å²) in [6.45, 7) is 4.12. The Hall–Kier alpha value is -3.84. The second-order valence-corrected chi connectivity index (χ2v) is 7.97. The fourth-order valence-corrected chi connectivity index (χ4v) is 4.67.